The number of hydrogen-bond donors (Lipinski definition) is 1. The fourth-order valence-electron chi connectivity index (χ4n) is 1.73. The maximum atomic E-state index is 14.2. The molecule has 1 aromatic rings. The SMILES string of the molecule is C=C/C(=C(\C)OC(=C)CC)c1cccc(CN)c1F. The zero-order valence-electron chi connectivity index (χ0n) is 11.5. The second-order valence-electron chi connectivity index (χ2n) is 4.15. The van der Waals surface area contributed by atoms with E-state index in [1.165, 1.54) is 0 Å². The van der Waals surface area contributed by atoms with Crippen LogP contribution in [0.1, 0.15) is 31.4 Å². The third-order valence-corrected chi connectivity index (χ3v) is 2.86. The molecule has 0 saturated heterocycles. The molecule has 0 aliphatic heterocycles. The van der Waals surface area contributed by atoms with Crippen LogP contribution in [0.4, 0.5) is 4.39 Å². The highest BCUT2D eigenvalue weighted by Gasteiger charge is 2.12. The van der Waals surface area contributed by atoms with E-state index in [1.807, 2.05) is 6.92 Å². The van der Waals surface area contributed by atoms with Gasteiger partial charge in [-0.15, -0.1) is 0 Å². The van der Waals surface area contributed by atoms with Crippen molar-refractivity contribution >= 4 is 5.57 Å². The standard InChI is InChI=1S/C16H20FNO/c1-5-11(3)19-12(4)14(6-2)15-9-7-8-13(10-18)16(15)17/h6-9H,2-3,5,10,18H2,1,4H3/b14-12-. The van der Waals surface area contributed by atoms with Gasteiger partial charge < -0.3 is 10.5 Å². The summed E-state index contributed by atoms with van der Waals surface area (Å²) in [5.74, 6) is 0.882. The summed E-state index contributed by atoms with van der Waals surface area (Å²) in [4.78, 5) is 0. The Bertz CT molecular complexity index is 517. The molecule has 2 nitrogen and oxygen atoms in total. The van der Waals surface area contributed by atoms with Crippen molar-refractivity contribution in [2.75, 3.05) is 0 Å². The summed E-state index contributed by atoms with van der Waals surface area (Å²) in [5.41, 5.74) is 7.04. The van der Waals surface area contributed by atoms with Crippen molar-refractivity contribution in [1.82, 2.24) is 0 Å². The van der Waals surface area contributed by atoms with Crippen molar-refractivity contribution in [2.45, 2.75) is 26.8 Å². The number of halogens is 1. The molecule has 0 saturated carbocycles. The van der Waals surface area contributed by atoms with E-state index in [-0.39, 0.29) is 12.4 Å². The lowest BCUT2D eigenvalue weighted by Gasteiger charge is -2.13. The molecule has 3 heteroatoms. The van der Waals surface area contributed by atoms with Crippen LogP contribution in [-0.2, 0) is 11.3 Å². The third kappa shape index (κ3) is 3.55. The molecule has 0 aromatic heterocycles. The first-order valence-electron chi connectivity index (χ1n) is 6.21. The van der Waals surface area contributed by atoms with Gasteiger partial charge in [0.1, 0.15) is 11.6 Å². The molecule has 0 radical (unpaired) electrons. The minimum absolute atomic E-state index is 0.158. The minimum atomic E-state index is -0.329. The topological polar surface area (TPSA) is 35.2 Å². The van der Waals surface area contributed by atoms with Gasteiger partial charge in [0.05, 0.1) is 5.76 Å². The Morgan fingerprint density at radius 1 is 1.47 bits per heavy atom. The average molecular weight is 261 g/mol. The molecule has 19 heavy (non-hydrogen) atoms. The smallest absolute Gasteiger partial charge is 0.135 e. The quantitative estimate of drug-likeness (QED) is 0.617. The molecule has 2 N–H and O–H groups in total. The van der Waals surface area contributed by atoms with Crippen LogP contribution in [0.25, 0.3) is 5.57 Å². The highest BCUT2D eigenvalue weighted by molar-refractivity contribution is 5.75. The molecule has 0 aliphatic rings. The molecule has 0 unspecified atom stereocenters. The molecule has 0 fully saturated rings. The van der Waals surface area contributed by atoms with Gasteiger partial charge in [0.15, 0.2) is 0 Å². The summed E-state index contributed by atoms with van der Waals surface area (Å²) in [7, 11) is 0. The zero-order chi connectivity index (χ0) is 14.4. The molecule has 1 aromatic carbocycles. The van der Waals surface area contributed by atoms with Crippen LogP contribution in [0.5, 0.6) is 0 Å². The van der Waals surface area contributed by atoms with Gasteiger partial charge in [0.25, 0.3) is 0 Å². The fraction of sp³-hybridized carbons (Fsp3) is 0.250. The first-order chi connectivity index (χ1) is 9.04. The van der Waals surface area contributed by atoms with Gasteiger partial charge in [-0.05, 0) is 6.92 Å². The van der Waals surface area contributed by atoms with Crippen LogP contribution in [0, 0.1) is 5.82 Å². The molecular formula is C16H20FNO. The third-order valence-electron chi connectivity index (χ3n) is 2.86. The van der Waals surface area contributed by atoms with Gasteiger partial charge in [-0.25, -0.2) is 4.39 Å². The lowest BCUT2D eigenvalue weighted by atomic mass is 10.0. The Morgan fingerprint density at radius 2 is 2.16 bits per heavy atom. The van der Waals surface area contributed by atoms with Crippen LogP contribution in [0.2, 0.25) is 0 Å². The summed E-state index contributed by atoms with van der Waals surface area (Å²) in [6.07, 6.45) is 2.28. The zero-order valence-corrected chi connectivity index (χ0v) is 11.5. The van der Waals surface area contributed by atoms with Gasteiger partial charge in [0, 0.05) is 29.7 Å². The molecule has 102 valence electrons. The average Bonchev–Trinajstić information content (AvgIpc) is 2.41. The highest BCUT2D eigenvalue weighted by Crippen LogP contribution is 2.26. The highest BCUT2D eigenvalue weighted by atomic mass is 19.1. The summed E-state index contributed by atoms with van der Waals surface area (Å²) >= 11 is 0. The van der Waals surface area contributed by atoms with Gasteiger partial charge in [0.2, 0.25) is 0 Å². The maximum Gasteiger partial charge on any atom is 0.135 e. The second kappa shape index (κ2) is 6.90. The van der Waals surface area contributed by atoms with Crippen molar-refractivity contribution < 1.29 is 9.13 Å². The lowest BCUT2D eigenvalue weighted by Crippen LogP contribution is -2.03. The van der Waals surface area contributed by atoms with Crippen molar-refractivity contribution in [3.05, 3.63) is 65.9 Å². The lowest BCUT2D eigenvalue weighted by molar-refractivity contribution is 0.300. The van der Waals surface area contributed by atoms with E-state index in [4.69, 9.17) is 10.5 Å². The number of hydrogen-bond acceptors (Lipinski definition) is 2. The molecule has 0 atom stereocenters. The Labute approximate surface area is 114 Å². The van der Waals surface area contributed by atoms with E-state index >= 15 is 0 Å². The van der Waals surface area contributed by atoms with Crippen molar-refractivity contribution in [2.24, 2.45) is 5.73 Å². The largest absolute Gasteiger partial charge is 0.466 e. The number of rotatable bonds is 6. The van der Waals surface area contributed by atoms with Gasteiger partial charge in [-0.1, -0.05) is 44.4 Å². The summed E-state index contributed by atoms with van der Waals surface area (Å²) < 4.78 is 19.8. The molecular weight excluding hydrogens is 241 g/mol. The van der Waals surface area contributed by atoms with E-state index in [2.05, 4.69) is 13.2 Å². The van der Waals surface area contributed by atoms with Crippen molar-refractivity contribution in [1.29, 1.82) is 0 Å². The van der Waals surface area contributed by atoms with Crippen molar-refractivity contribution in [3.63, 3.8) is 0 Å². The molecule has 0 bridgehead atoms. The Hall–Kier alpha value is -1.87. The van der Waals surface area contributed by atoms with E-state index in [9.17, 15) is 4.39 Å². The predicted octanol–water partition coefficient (Wildman–Crippen LogP) is 4.14. The van der Waals surface area contributed by atoms with Crippen LogP contribution >= 0.6 is 0 Å². The Kier molecular flexibility index (Phi) is 5.52. The molecule has 0 aliphatic carbocycles. The molecule has 0 spiro atoms. The fourth-order valence-corrected chi connectivity index (χ4v) is 1.73. The predicted molar refractivity (Wildman–Crippen MR) is 77.6 cm³/mol. The number of benzene rings is 1. The van der Waals surface area contributed by atoms with Crippen LogP contribution < -0.4 is 5.73 Å². The summed E-state index contributed by atoms with van der Waals surface area (Å²) in [6.45, 7) is 11.4. The van der Waals surface area contributed by atoms with Crippen molar-refractivity contribution in [3.8, 4) is 0 Å². The monoisotopic (exact) mass is 261 g/mol. The van der Waals surface area contributed by atoms with Gasteiger partial charge in [-0.2, -0.15) is 0 Å². The molecule has 1 rings (SSSR count). The normalized spacial score (nSPS) is 11.8. The summed E-state index contributed by atoms with van der Waals surface area (Å²) in [5, 5.41) is 0. The van der Waals surface area contributed by atoms with Crippen LogP contribution in [0.3, 0.4) is 0 Å². The number of allylic oxidation sites excluding steroid dienone is 4. The number of ether oxygens (including phenoxy) is 1. The Balaban J connectivity index is 3.27. The van der Waals surface area contributed by atoms with E-state index in [0.717, 1.165) is 0 Å². The van der Waals surface area contributed by atoms with Gasteiger partial charge in [-0.3, -0.25) is 0 Å². The van der Waals surface area contributed by atoms with E-state index in [0.29, 0.717) is 34.6 Å². The maximum absolute atomic E-state index is 14.2. The minimum Gasteiger partial charge on any atom is -0.466 e. The Morgan fingerprint density at radius 3 is 2.68 bits per heavy atom. The van der Waals surface area contributed by atoms with Gasteiger partial charge >= 0.3 is 0 Å². The first-order valence-corrected chi connectivity index (χ1v) is 6.21. The number of nitrogens with two attached hydrogens (primary N) is 1. The van der Waals surface area contributed by atoms with E-state index < -0.39 is 0 Å². The first kappa shape index (κ1) is 15.2. The van der Waals surface area contributed by atoms with Crippen LogP contribution in [-0.4, -0.2) is 0 Å². The van der Waals surface area contributed by atoms with Crippen LogP contribution in [0.15, 0.2) is 49.0 Å². The van der Waals surface area contributed by atoms with E-state index in [1.54, 1.807) is 31.2 Å². The second-order valence-corrected chi connectivity index (χ2v) is 4.15. The molecule has 0 amide bonds. The summed E-state index contributed by atoms with van der Waals surface area (Å²) in [6, 6.07) is 5.12. The molecule has 0 heterocycles.